The second-order valence-electron chi connectivity index (χ2n) is 4.16. The minimum absolute atomic E-state index is 0.104. The molecule has 7 heteroatoms. The Kier molecular flexibility index (Phi) is 4.93. The molecule has 0 aliphatic heterocycles. The highest BCUT2D eigenvalue weighted by molar-refractivity contribution is 7.17. The van der Waals surface area contributed by atoms with E-state index < -0.39 is 11.5 Å². The summed E-state index contributed by atoms with van der Waals surface area (Å²) >= 11 is 7.29. The molecule has 0 saturated heterocycles. The number of ether oxygens (including phenoxy) is 1. The van der Waals surface area contributed by atoms with Crippen LogP contribution in [-0.2, 0) is 4.74 Å². The van der Waals surface area contributed by atoms with E-state index in [-0.39, 0.29) is 12.2 Å². The molecule has 1 N–H and O–H groups in total. The molecule has 110 valence electrons. The van der Waals surface area contributed by atoms with E-state index in [0.29, 0.717) is 10.2 Å². The fourth-order valence-electron chi connectivity index (χ4n) is 1.64. The highest BCUT2D eigenvalue weighted by Crippen LogP contribution is 2.24. The van der Waals surface area contributed by atoms with Crippen molar-refractivity contribution in [3.05, 3.63) is 49.3 Å². The van der Waals surface area contributed by atoms with E-state index in [1.54, 1.807) is 13.0 Å². The second-order valence-corrected chi connectivity index (χ2v) is 5.91. The number of H-pyrrole nitrogens is 1. The van der Waals surface area contributed by atoms with Crippen LogP contribution in [0.25, 0.3) is 11.6 Å². The molecular weight excluding hydrogens is 312 g/mol. The molecule has 0 aromatic carbocycles. The van der Waals surface area contributed by atoms with E-state index >= 15 is 0 Å². The van der Waals surface area contributed by atoms with Gasteiger partial charge in [0.1, 0.15) is 11.4 Å². The van der Waals surface area contributed by atoms with Crippen molar-refractivity contribution in [2.45, 2.75) is 13.8 Å². The monoisotopic (exact) mass is 324 g/mol. The summed E-state index contributed by atoms with van der Waals surface area (Å²) in [6.45, 7) is 3.70. The number of nitrogens with zero attached hydrogens (tertiary/aromatic N) is 1. The Morgan fingerprint density at radius 3 is 2.86 bits per heavy atom. The molecule has 0 unspecified atom stereocenters. The fraction of sp³-hybridized carbons (Fsp3) is 0.214. The van der Waals surface area contributed by atoms with Gasteiger partial charge in [-0.1, -0.05) is 11.6 Å². The quantitative estimate of drug-likeness (QED) is 0.876. The van der Waals surface area contributed by atoms with Gasteiger partial charge in [-0.15, -0.1) is 11.3 Å². The Labute approximate surface area is 130 Å². The summed E-state index contributed by atoms with van der Waals surface area (Å²) in [6, 6.07) is 3.67. The molecule has 0 amide bonds. The molecule has 0 atom stereocenters. The molecule has 0 fully saturated rings. The zero-order chi connectivity index (χ0) is 15.4. The maximum absolute atomic E-state index is 11.9. The van der Waals surface area contributed by atoms with Gasteiger partial charge in [0.2, 0.25) is 0 Å². The Morgan fingerprint density at radius 2 is 2.29 bits per heavy atom. The lowest BCUT2D eigenvalue weighted by molar-refractivity contribution is 0.0523. The number of carbonyl (C=O) groups excluding carboxylic acids is 1. The van der Waals surface area contributed by atoms with Gasteiger partial charge in [0, 0.05) is 11.1 Å². The molecule has 0 aliphatic carbocycles. The van der Waals surface area contributed by atoms with Crippen molar-refractivity contribution in [3.8, 4) is 0 Å². The van der Waals surface area contributed by atoms with Crippen LogP contribution in [0.1, 0.15) is 34.9 Å². The number of carbonyl (C=O) groups is 1. The number of hydrogen-bond donors (Lipinski definition) is 1. The van der Waals surface area contributed by atoms with Gasteiger partial charge >= 0.3 is 5.97 Å². The van der Waals surface area contributed by atoms with Crippen LogP contribution < -0.4 is 5.56 Å². The number of esters is 1. The minimum Gasteiger partial charge on any atom is -0.462 e. The van der Waals surface area contributed by atoms with Crippen molar-refractivity contribution in [3.63, 3.8) is 0 Å². The molecule has 2 aromatic heterocycles. The number of rotatable bonds is 4. The Morgan fingerprint density at radius 1 is 1.52 bits per heavy atom. The molecule has 2 heterocycles. The standard InChI is InChI=1S/C14H13ClN2O3S/c1-3-20-14(19)10-7-16-12(17-13(10)18)8(2)6-9-4-5-11(15)21-9/h4-7H,3H2,1-2H3,(H,16,17,18)/b8-6+. The highest BCUT2D eigenvalue weighted by atomic mass is 35.5. The van der Waals surface area contributed by atoms with Crippen molar-refractivity contribution in [2.24, 2.45) is 0 Å². The number of aromatic amines is 1. The van der Waals surface area contributed by atoms with Crippen LogP contribution in [0.15, 0.2) is 23.1 Å². The first kappa shape index (κ1) is 15.5. The van der Waals surface area contributed by atoms with E-state index in [0.717, 1.165) is 10.5 Å². The average Bonchev–Trinajstić information content (AvgIpc) is 2.84. The zero-order valence-corrected chi connectivity index (χ0v) is 13.0. The van der Waals surface area contributed by atoms with Crippen molar-refractivity contribution >= 4 is 40.6 Å². The average molecular weight is 325 g/mol. The van der Waals surface area contributed by atoms with Gasteiger partial charge in [-0.25, -0.2) is 9.78 Å². The Balaban J connectivity index is 2.29. The lowest BCUT2D eigenvalue weighted by atomic mass is 10.2. The SMILES string of the molecule is CCOC(=O)c1cnc(/C(C)=C/c2ccc(Cl)s2)[nH]c1=O. The maximum Gasteiger partial charge on any atom is 0.345 e. The van der Waals surface area contributed by atoms with Crippen LogP contribution in [0, 0.1) is 0 Å². The van der Waals surface area contributed by atoms with Gasteiger partial charge in [-0.2, -0.15) is 0 Å². The highest BCUT2D eigenvalue weighted by Gasteiger charge is 2.13. The molecule has 0 aliphatic rings. The summed E-state index contributed by atoms with van der Waals surface area (Å²) in [4.78, 5) is 31.0. The fourth-order valence-corrected chi connectivity index (χ4v) is 2.70. The number of thiophene rings is 1. The van der Waals surface area contributed by atoms with Gasteiger partial charge in [-0.05, 0) is 37.6 Å². The first-order chi connectivity index (χ1) is 10.0. The molecule has 21 heavy (non-hydrogen) atoms. The third-order valence-corrected chi connectivity index (χ3v) is 3.80. The molecular formula is C14H13ClN2O3S. The third-order valence-electron chi connectivity index (χ3n) is 2.62. The molecule has 2 aromatic rings. The van der Waals surface area contributed by atoms with Crippen LogP contribution in [0.5, 0.6) is 0 Å². The predicted molar refractivity (Wildman–Crippen MR) is 83.7 cm³/mol. The van der Waals surface area contributed by atoms with Gasteiger partial charge < -0.3 is 9.72 Å². The van der Waals surface area contributed by atoms with Crippen molar-refractivity contribution in [1.82, 2.24) is 9.97 Å². The van der Waals surface area contributed by atoms with Crippen molar-refractivity contribution < 1.29 is 9.53 Å². The Hall–Kier alpha value is -1.92. The van der Waals surface area contributed by atoms with Gasteiger partial charge in [0.25, 0.3) is 5.56 Å². The summed E-state index contributed by atoms with van der Waals surface area (Å²) in [6.07, 6.45) is 3.09. The number of halogens is 1. The summed E-state index contributed by atoms with van der Waals surface area (Å²) in [5, 5.41) is 0. The Bertz CT molecular complexity index is 749. The maximum atomic E-state index is 11.9. The topological polar surface area (TPSA) is 72.0 Å². The molecule has 0 spiro atoms. The molecule has 0 bridgehead atoms. The minimum atomic E-state index is -0.676. The van der Waals surface area contributed by atoms with Crippen LogP contribution >= 0.6 is 22.9 Å². The summed E-state index contributed by atoms with van der Waals surface area (Å²) < 4.78 is 5.47. The van der Waals surface area contributed by atoms with E-state index in [4.69, 9.17) is 16.3 Å². The van der Waals surface area contributed by atoms with Gasteiger partial charge in [0.05, 0.1) is 10.9 Å². The number of hydrogen-bond acceptors (Lipinski definition) is 5. The third kappa shape index (κ3) is 3.80. The lowest BCUT2D eigenvalue weighted by Gasteiger charge is -2.03. The van der Waals surface area contributed by atoms with Crippen molar-refractivity contribution in [2.75, 3.05) is 6.61 Å². The molecule has 2 rings (SSSR count). The summed E-state index contributed by atoms with van der Waals surface area (Å²) in [5.74, 6) is -0.276. The van der Waals surface area contributed by atoms with Crippen LogP contribution in [0.2, 0.25) is 4.34 Å². The second kappa shape index (κ2) is 6.69. The van der Waals surface area contributed by atoms with E-state index in [9.17, 15) is 9.59 Å². The molecule has 0 saturated carbocycles. The predicted octanol–water partition coefficient (Wildman–Crippen LogP) is 3.22. The number of nitrogens with one attached hydrogen (secondary N) is 1. The molecule has 0 radical (unpaired) electrons. The van der Waals surface area contributed by atoms with Gasteiger partial charge in [0.15, 0.2) is 0 Å². The summed E-state index contributed by atoms with van der Waals surface area (Å²) in [5.41, 5.74) is 0.143. The number of aromatic nitrogens is 2. The van der Waals surface area contributed by atoms with Crippen LogP contribution in [-0.4, -0.2) is 22.5 Å². The largest absolute Gasteiger partial charge is 0.462 e. The van der Waals surface area contributed by atoms with Gasteiger partial charge in [-0.3, -0.25) is 4.79 Å². The van der Waals surface area contributed by atoms with Crippen LogP contribution in [0.3, 0.4) is 0 Å². The molecule has 5 nitrogen and oxygen atoms in total. The van der Waals surface area contributed by atoms with E-state index in [1.165, 1.54) is 17.5 Å². The summed E-state index contributed by atoms with van der Waals surface area (Å²) in [7, 11) is 0. The number of allylic oxidation sites excluding steroid dienone is 1. The smallest absolute Gasteiger partial charge is 0.345 e. The first-order valence-corrected chi connectivity index (χ1v) is 7.41. The first-order valence-electron chi connectivity index (χ1n) is 6.21. The lowest BCUT2D eigenvalue weighted by Crippen LogP contribution is -2.21. The normalized spacial score (nSPS) is 11.5. The van der Waals surface area contributed by atoms with E-state index in [2.05, 4.69) is 9.97 Å². The van der Waals surface area contributed by atoms with Crippen molar-refractivity contribution in [1.29, 1.82) is 0 Å². The van der Waals surface area contributed by atoms with Crippen LogP contribution in [0.4, 0.5) is 0 Å². The van der Waals surface area contributed by atoms with E-state index in [1.807, 2.05) is 19.1 Å². The zero-order valence-electron chi connectivity index (χ0n) is 11.5.